The fourth-order valence-electron chi connectivity index (χ4n) is 0.574. The number of rotatable bonds is 4. The predicted molar refractivity (Wildman–Crippen MR) is 49.1 cm³/mol. The number of ether oxygens (including phenoxy) is 1. The van der Waals surface area contributed by atoms with Crippen molar-refractivity contribution >= 4 is 16.8 Å². The molecule has 0 aliphatic rings. The van der Waals surface area contributed by atoms with Crippen LogP contribution in [0.1, 0.15) is 20.8 Å². The van der Waals surface area contributed by atoms with E-state index in [0.717, 1.165) is 0 Å². The molecule has 0 saturated carbocycles. The first-order valence-electron chi connectivity index (χ1n) is 3.84. The summed E-state index contributed by atoms with van der Waals surface area (Å²) in [6.45, 7) is 5.49. The maximum atomic E-state index is 11.0. The Labute approximate surface area is 75.3 Å². The molecule has 12 heavy (non-hydrogen) atoms. The third kappa shape index (κ3) is 4.28. The fourth-order valence-corrected chi connectivity index (χ4v) is 1.23. The molecule has 0 aliphatic carbocycles. The quantitative estimate of drug-likeness (QED) is 0.494. The van der Waals surface area contributed by atoms with Crippen molar-refractivity contribution in [2.75, 3.05) is 12.4 Å². The van der Waals surface area contributed by atoms with Crippen LogP contribution in [0, 0.1) is 0 Å². The molecule has 0 spiro atoms. The molecule has 0 fully saturated rings. The molecule has 0 radical (unpaired) electrons. The predicted octanol–water partition coefficient (Wildman–Crippen LogP) is 1.22. The highest BCUT2D eigenvalue weighted by Gasteiger charge is 2.04. The highest BCUT2D eigenvalue weighted by molar-refractivity contribution is 7.87. The lowest BCUT2D eigenvalue weighted by atomic mass is 10.4. The van der Waals surface area contributed by atoms with E-state index in [4.69, 9.17) is 4.74 Å². The van der Waals surface area contributed by atoms with Crippen LogP contribution >= 0.6 is 0 Å². The van der Waals surface area contributed by atoms with Gasteiger partial charge in [-0.15, -0.1) is 0 Å². The second-order valence-corrected chi connectivity index (χ2v) is 3.77. The monoisotopic (exact) mass is 190 g/mol. The molecule has 0 aromatic heterocycles. The van der Waals surface area contributed by atoms with Crippen molar-refractivity contribution in [2.45, 2.75) is 20.8 Å². The summed E-state index contributed by atoms with van der Waals surface area (Å²) in [6.07, 6.45) is 0. The number of carbonyl (C=O) groups is 1. The third-order valence-electron chi connectivity index (χ3n) is 1.19. The molecule has 1 atom stereocenters. The standard InChI is InChI=1S/C8H14O3S/c1-4-11-8(9)7(3)6-12(10)5-2/h6H,4-5H2,1-3H3/b7-6+. The van der Waals surface area contributed by atoms with Gasteiger partial charge in [0.25, 0.3) is 0 Å². The van der Waals surface area contributed by atoms with Crippen LogP contribution in [0.3, 0.4) is 0 Å². The van der Waals surface area contributed by atoms with Crippen LogP contribution in [-0.4, -0.2) is 22.5 Å². The van der Waals surface area contributed by atoms with Gasteiger partial charge in [-0.1, -0.05) is 6.92 Å². The lowest BCUT2D eigenvalue weighted by Gasteiger charge is -2.00. The Hall–Kier alpha value is -0.640. The molecule has 0 aromatic carbocycles. The second kappa shape index (κ2) is 5.94. The Morgan fingerprint density at radius 2 is 2.08 bits per heavy atom. The molecule has 0 N–H and O–H groups in total. The van der Waals surface area contributed by atoms with E-state index in [1.54, 1.807) is 20.8 Å². The maximum Gasteiger partial charge on any atom is 0.334 e. The van der Waals surface area contributed by atoms with E-state index >= 15 is 0 Å². The van der Waals surface area contributed by atoms with Crippen LogP contribution in [0.25, 0.3) is 0 Å². The minimum atomic E-state index is -1.04. The molecular formula is C8H14O3S. The first kappa shape index (κ1) is 11.4. The minimum absolute atomic E-state index is 0.350. The molecule has 0 heterocycles. The normalized spacial score (nSPS) is 14.1. The van der Waals surface area contributed by atoms with E-state index in [1.165, 1.54) is 5.41 Å². The summed E-state index contributed by atoms with van der Waals surface area (Å²) in [5.41, 5.74) is 0.414. The van der Waals surface area contributed by atoms with Crippen molar-refractivity contribution < 1.29 is 13.7 Å². The lowest BCUT2D eigenvalue weighted by molar-refractivity contribution is -0.138. The molecule has 0 amide bonds. The van der Waals surface area contributed by atoms with Crippen LogP contribution in [0.2, 0.25) is 0 Å². The van der Waals surface area contributed by atoms with Crippen molar-refractivity contribution in [3.8, 4) is 0 Å². The Bertz CT molecular complexity index is 208. The van der Waals surface area contributed by atoms with Crippen LogP contribution in [0.15, 0.2) is 11.0 Å². The number of carbonyl (C=O) groups excluding carboxylic acids is 1. The number of hydrogen-bond acceptors (Lipinski definition) is 3. The summed E-state index contributed by atoms with van der Waals surface area (Å²) in [5.74, 6) is 0.135. The fraction of sp³-hybridized carbons (Fsp3) is 0.625. The largest absolute Gasteiger partial charge is 0.463 e. The molecule has 0 rings (SSSR count). The van der Waals surface area contributed by atoms with Gasteiger partial charge in [0.15, 0.2) is 0 Å². The second-order valence-electron chi connectivity index (χ2n) is 2.19. The topological polar surface area (TPSA) is 43.4 Å². The van der Waals surface area contributed by atoms with Crippen molar-refractivity contribution in [1.82, 2.24) is 0 Å². The van der Waals surface area contributed by atoms with E-state index in [1.807, 2.05) is 0 Å². The molecule has 0 aromatic rings. The van der Waals surface area contributed by atoms with Crippen molar-refractivity contribution in [1.29, 1.82) is 0 Å². The van der Waals surface area contributed by atoms with Gasteiger partial charge in [0.05, 0.1) is 6.61 Å². The molecule has 1 unspecified atom stereocenters. The van der Waals surface area contributed by atoms with Gasteiger partial charge in [-0.3, -0.25) is 4.21 Å². The molecule has 3 nitrogen and oxygen atoms in total. The van der Waals surface area contributed by atoms with Crippen molar-refractivity contribution in [3.63, 3.8) is 0 Å². The van der Waals surface area contributed by atoms with Gasteiger partial charge in [0, 0.05) is 27.5 Å². The van der Waals surface area contributed by atoms with Gasteiger partial charge < -0.3 is 4.74 Å². The van der Waals surface area contributed by atoms with Gasteiger partial charge in [-0.05, 0) is 13.8 Å². The molecule has 4 heteroatoms. The molecule has 70 valence electrons. The third-order valence-corrected chi connectivity index (χ3v) is 2.38. The van der Waals surface area contributed by atoms with Crippen LogP contribution in [0.4, 0.5) is 0 Å². The number of hydrogen-bond donors (Lipinski definition) is 0. The van der Waals surface area contributed by atoms with Crippen LogP contribution in [-0.2, 0) is 20.3 Å². The average molecular weight is 190 g/mol. The summed E-state index contributed by atoms with van der Waals surface area (Å²) < 4.78 is 15.7. The summed E-state index contributed by atoms with van der Waals surface area (Å²) in [4.78, 5) is 11.0. The highest BCUT2D eigenvalue weighted by Crippen LogP contribution is 1.98. The summed E-state index contributed by atoms with van der Waals surface area (Å²) in [7, 11) is -1.04. The van der Waals surface area contributed by atoms with E-state index in [-0.39, 0.29) is 5.97 Å². The van der Waals surface area contributed by atoms with Gasteiger partial charge in [0.2, 0.25) is 0 Å². The van der Waals surface area contributed by atoms with Crippen molar-refractivity contribution in [2.24, 2.45) is 0 Å². The minimum Gasteiger partial charge on any atom is -0.463 e. The molecule has 0 bridgehead atoms. The zero-order valence-electron chi connectivity index (χ0n) is 7.62. The Morgan fingerprint density at radius 3 is 2.50 bits per heavy atom. The van der Waals surface area contributed by atoms with Crippen LogP contribution < -0.4 is 0 Å². The lowest BCUT2D eigenvalue weighted by Crippen LogP contribution is -2.06. The molecule has 0 saturated heterocycles. The SMILES string of the molecule is CCOC(=O)/C(C)=C/S(=O)CC. The van der Waals surface area contributed by atoms with E-state index < -0.39 is 10.8 Å². The zero-order chi connectivity index (χ0) is 9.56. The van der Waals surface area contributed by atoms with Gasteiger partial charge in [-0.25, -0.2) is 4.79 Å². The van der Waals surface area contributed by atoms with Gasteiger partial charge in [0.1, 0.15) is 0 Å². The van der Waals surface area contributed by atoms with Gasteiger partial charge in [-0.2, -0.15) is 0 Å². The van der Waals surface area contributed by atoms with Crippen molar-refractivity contribution in [3.05, 3.63) is 11.0 Å². The Balaban J connectivity index is 4.17. The molecule has 0 aliphatic heterocycles. The number of esters is 1. The van der Waals surface area contributed by atoms with Crippen LogP contribution in [0.5, 0.6) is 0 Å². The first-order valence-corrected chi connectivity index (χ1v) is 5.22. The van der Waals surface area contributed by atoms with E-state index in [2.05, 4.69) is 0 Å². The van der Waals surface area contributed by atoms with E-state index in [0.29, 0.717) is 17.9 Å². The molecular weight excluding hydrogens is 176 g/mol. The summed E-state index contributed by atoms with van der Waals surface area (Å²) in [6, 6.07) is 0. The first-order chi connectivity index (χ1) is 5.61. The zero-order valence-corrected chi connectivity index (χ0v) is 8.44. The summed E-state index contributed by atoms with van der Waals surface area (Å²) in [5, 5.41) is 1.43. The average Bonchev–Trinajstić information content (AvgIpc) is 2.04. The summed E-state index contributed by atoms with van der Waals surface area (Å²) >= 11 is 0. The smallest absolute Gasteiger partial charge is 0.334 e. The maximum absolute atomic E-state index is 11.0. The Morgan fingerprint density at radius 1 is 1.50 bits per heavy atom. The highest BCUT2D eigenvalue weighted by atomic mass is 32.2. The van der Waals surface area contributed by atoms with Gasteiger partial charge >= 0.3 is 5.97 Å². The Kier molecular flexibility index (Phi) is 5.62. The van der Waals surface area contributed by atoms with E-state index in [9.17, 15) is 9.00 Å².